The van der Waals surface area contributed by atoms with Crippen molar-refractivity contribution in [2.45, 2.75) is 25.8 Å². The fourth-order valence-corrected chi connectivity index (χ4v) is 2.85. The Morgan fingerprint density at radius 3 is 2.83 bits per heavy atom. The van der Waals surface area contributed by atoms with E-state index in [4.69, 9.17) is 0 Å². The lowest BCUT2D eigenvalue weighted by molar-refractivity contribution is -0.117. The molecule has 3 rings (SSSR count). The number of amides is 1. The van der Waals surface area contributed by atoms with Crippen molar-refractivity contribution in [2.24, 2.45) is 0 Å². The summed E-state index contributed by atoms with van der Waals surface area (Å²) in [4.78, 5) is 12.1. The van der Waals surface area contributed by atoms with Gasteiger partial charge in [-0.1, -0.05) is 24.3 Å². The zero-order valence-electron chi connectivity index (χ0n) is 13.7. The highest BCUT2D eigenvalue weighted by molar-refractivity contribution is 5.92. The Morgan fingerprint density at radius 2 is 2.04 bits per heavy atom. The second kappa shape index (κ2) is 7.30. The summed E-state index contributed by atoms with van der Waals surface area (Å²) in [6.07, 6.45) is 5.36. The highest BCUT2D eigenvalue weighted by Crippen LogP contribution is 2.25. The summed E-state index contributed by atoms with van der Waals surface area (Å²) in [7, 11) is 0. The van der Waals surface area contributed by atoms with Crippen molar-refractivity contribution in [3.8, 4) is 0 Å². The van der Waals surface area contributed by atoms with E-state index in [0.29, 0.717) is 0 Å². The van der Waals surface area contributed by atoms with E-state index in [1.807, 2.05) is 13.0 Å². The molecule has 4 heteroatoms. The van der Waals surface area contributed by atoms with Crippen molar-refractivity contribution in [1.82, 2.24) is 5.32 Å². The number of nitrogens with one attached hydrogen (secondary N) is 2. The first-order valence-electron chi connectivity index (χ1n) is 8.22. The number of benzene rings is 2. The molecule has 0 spiro atoms. The molecule has 1 heterocycles. The van der Waals surface area contributed by atoms with Crippen LogP contribution in [0.3, 0.4) is 0 Å². The van der Waals surface area contributed by atoms with Gasteiger partial charge in [0.15, 0.2) is 0 Å². The summed E-state index contributed by atoms with van der Waals surface area (Å²) in [5, 5.41) is 6.35. The smallest absolute Gasteiger partial charge is 0.244 e. The molecule has 0 aromatic heterocycles. The predicted octanol–water partition coefficient (Wildman–Crippen LogP) is 4.07. The number of hydrogen-bond acceptors (Lipinski definition) is 2. The van der Waals surface area contributed by atoms with E-state index in [1.54, 1.807) is 18.2 Å². The van der Waals surface area contributed by atoms with Gasteiger partial charge in [-0.25, -0.2) is 4.39 Å². The summed E-state index contributed by atoms with van der Waals surface area (Å²) in [6.45, 7) is 2.99. The average Bonchev–Trinajstić information content (AvgIpc) is 2.61. The minimum Gasteiger partial charge on any atom is -0.385 e. The third kappa shape index (κ3) is 4.02. The number of aryl methyl sites for hydroxylation is 1. The van der Waals surface area contributed by atoms with Crippen molar-refractivity contribution >= 4 is 17.7 Å². The van der Waals surface area contributed by atoms with E-state index in [-0.39, 0.29) is 17.8 Å². The van der Waals surface area contributed by atoms with Crippen molar-refractivity contribution < 1.29 is 9.18 Å². The second-order valence-corrected chi connectivity index (χ2v) is 6.06. The summed E-state index contributed by atoms with van der Waals surface area (Å²) >= 11 is 0. The van der Waals surface area contributed by atoms with Crippen molar-refractivity contribution in [3.63, 3.8) is 0 Å². The minimum atomic E-state index is -0.285. The molecule has 2 aromatic carbocycles. The molecule has 2 aromatic rings. The van der Waals surface area contributed by atoms with E-state index in [2.05, 4.69) is 22.8 Å². The van der Waals surface area contributed by atoms with Crippen LogP contribution < -0.4 is 10.6 Å². The molecule has 124 valence electrons. The maximum absolute atomic E-state index is 12.9. The van der Waals surface area contributed by atoms with Gasteiger partial charge in [0.1, 0.15) is 5.82 Å². The monoisotopic (exact) mass is 324 g/mol. The van der Waals surface area contributed by atoms with Gasteiger partial charge >= 0.3 is 0 Å². The van der Waals surface area contributed by atoms with Crippen LogP contribution in [0.25, 0.3) is 6.08 Å². The SMILES string of the molecule is CC(NC(=O)/C=C/c1ccc(F)cc1)c1ccc2c(c1)CCCN2. The molecule has 0 saturated heterocycles. The van der Waals surface area contributed by atoms with Crippen molar-refractivity contribution in [2.75, 3.05) is 11.9 Å². The van der Waals surface area contributed by atoms with Crippen LogP contribution >= 0.6 is 0 Å². The van der Waals surface area contributed by atoms with Crippen molar-refractivity contribution in [1.29, 1.82) is 0 Å². The van der Waals surface area contributed by atoms with E-state index in [0.717, 1.165) is 30.5 Å². The van der Waals surface area contributed by atoms with E-state index in [9.17, 15) is 9.18 Å². The topological polar surface area (TPSA) is 41.1 Å². The summed E-state index contributed by atoms with van der Waals surface area (Å²) < 4.78 is 12.9. The first-order valence-corrected chi connectivity index (χ1v) is 8.22. The van der Waals surface area contributed by atoms with Crippen LogP contribution in [-0.4, -0.2) is 12.5 Å². The third-order valence-electron chi connectivity index (χ3n) is 4.22. The Morgan fingerprint density at radius 1 is 1.25 bits per heavy atom. The molecule has 0 bridgehead atoms. The van der Waals surface area contributed by atoms with Crippen LogP contribution in [-0.2, 0) is 11.2 Å². The molecular formula is C20H21FN2O. The lowest BCUT2D eigenvalue weighted by Crippen LogP contribution is -2.25. The minimum absolute atomic E-state index is 0.0670. The number of rotatable bonds is 4. The Bertz CT molecular complexity index is 753. The Kier molecular flexibility index (Phi) is 4.94. The van der Waals surface area contributed by atoms with Gasteiger partial charge in [-0.05, 0) is 60.7 Å². The number of carbonyl (C=O) groups is 1. The van der Waals surface area contributed by atoms with Gasteiger partial charge in [0, 0.05) is 18.3 Å². The summed E-state index contributed by atoms with van der Waals surface area (Å²) in [6, 6.07) is 12.3. The molecule has 0 saturated carbocycles. The molecule has 1 atom stereocenters. The lowest BCUT2D eigenvalue weighted by atomic mass is 9.98. The second-order valence-electron chi connectivity index (χ2n) is 6.06. The van der Waals surface area contributed by atoms with Crippen LogP contribution in [0.4, 0.5) is 10.1 Å². The van der Waals surface area contributed by atoms with Crippen molar-refractivity contribution in [3.05, 3.63) is 71.0 Å². The standard InChI is InChI=1S/C20H21FN2O/c1-14(16-7-10-19-17(13-16)3-2-12-22-19)23-20(24)11-6-15-4-8-18(21)9-5-15/h4-11,13-14,22H,2-3,12H2,1H3,(H,23,24)/b11-6+. The molecule has 2 N–H and O–H groups in total. The molecule has 1 unspecified atom stereocenters. The third-order valence-corrected chi connectivity index (χ3v) is 4.22. The van der Waals surface area contributed by atoms with Gasteiger partial charge in [-0.3, -0.25) is 4.79 Å². The summed E-state index contributed by atoms with van der Waals surface area (Å²) in [5.41, 5.74) is 4.39. The van der Waals surface area contributed by atoms with Crippen LogP contribution in [0.5, 0.6) is 0 Å². The van der Waals surface area contributed by atoms with E-state index >= 15 is 0 Å². The molecule has 24 heavy (non-hydrogen) atoms. The van der Waals surface area contributed by atoms with Crippen LogP contribution in [0.1, 0.15) is 36.1 Å². The van der Waals surface area contributed by atoms with Crippen LogP contribution in [0.15, 0.2) is 48.5 Å². The molecule has 0 radical (unpaired) electrons. The first kappa shape index (κ1) is 16.2. The Labute approximate surface area is 141 Å². The highest BCUT2D eigenvalue weighted by atomic mass is 19.1. The Balaban J connectivity index is 1.62. The van der Waals surface area contributed by atoms with Gasteiger partial charge in [0.05, 0.1) is 6.04 Å². The van der Waals surface area contributed by atoms with Gasteiger partial charge in [-0.15, -0.1) is 0 Å². The zero-order valence-corrected chi connectivity index (χ0v) is 13.7. The van der Waals surface area contributed by atoms with E-state index in [1.165, 1.54) is 29.5 Å². The van der Waals surface area contributed by atoms with Gasteiger partial charge in [0.25, 0.3) is 0 Å². The molecule has 0 aliphatic carbocycles. The average molecular weight is 324 g/mol. The zero-order chi connectivity index (χ0) is 16.9. The van der Waals surface area contributed by atoms with E-state index < -0.39 is 0 Å². The van der Waals surface area contributed by atoms with Gasteiger partial charge in [-0.2, -0.15) is 0 Å². The largest absolute Gasteiger partial charge is 0.385 e. The predicted molar refractivity (Wildman–Crippen MR) is 95.2 cm³/mol. The normalized spacial score (nSPS) is 14.8. The maximum Gasteiger partial charge on any atom is 0.244 e. The van der Waals surface area contributed by atoms with Gasteiger partial charge in [0.2, 0.25) is 5.91 Å². The number of hydrogen-bond donors (Lipinski definition) is 2. The maximum atomic E-state index is 12.9. The Hall–Kier alpha value is -2.62. The number of halogens is 1. The summed E-state index contributed by atoms with van der Waals surface area (Å²) in [5.74, 6) is -0.449. The van der Waals surface area contributed by atoms with Gasteiger partial charge < -0.3 is 10.6 Å². The van der Waals surface area contributed by atoms with Crippen LogP contribution in [0.2, 0.25) is 0 Å². The quantitative estimate of drug-likeness (QED) is 0.832. The molecule has 1 amide bonds. The van der Waals surface area contributed by atoms with Crippen LogP contribution in [0, 0.1) is 5.82 Å². The highest BCUT2D eigenvalue weighted by Gasteiger charge is 2.12. The molecular weight excluding hydrogens is 303 g/mol. The number of fused-ring (bicyclic) bond motifs is 1. The molecule has 3 nitrogen and oxygen atoms in total. The first-order chi connectivity index (χ1) is 11.6. The number of carbonyl (C=O) groups excluding carboxylic acids is 1. The molecule has 0 fully saturated rings. The molecule has 1 aliphatic heterocycles. The lowest BCUT2D eigenvalue weighted by Gasteiger charge is -2.21. The number of anilines is 1. The fraction of sp³-hybridized carbons (Fsp3) is 0.250. The molecule has 1 aliphatic rings. The fourth-order valence-electron chi connectivity index (χ4n) is 2.85.